The van der Waals surface area contributed by atoms with E-state index in [2.05, 4.69) is 10.4 Å². The lowest BCUT2D eigenvalue weighted by Crippen LogP contribution is -2.39. The maximum Gasteiger partial charge on any atom is 0.250 e. The first kappa shape index (κ1) is 17.0. The van der Waals surface area contributed by atoms with Crippen molar-refractivity contribution in [1.29, 1.82) is 5.26 Å². The van der Waals surface area contributed by atoms with Gasteiger partial charge >= 0.3 is 0 Å². The van der Waals surface area contributed by atoms with E-state index in [-0.39, 0.29) is 24.8 Å². The van der Waals surface area contributed by atoms with E-state index in [1.807, 2.05) is 6.07 Å². The van der Waals surface area contributed by atoms with Crippen molar-refractivity contribution < 1.29 is 14.3 Å². The average Bonchev–Trinajstić information content (AvgIpc) is 2.95. The van der Waals surface area contributed by atoms with E-state index in [1.54, 1.807) is 22.0 Å². The molecule has 0 bridgehead atoms. The van der Waals surface area contributed by atoms with Gasteiger partial charge in [-0.25, -0.2) is 0 Å². The second kappa shape index (κ2) is 8.29. The first-order valence-electron chi connectivity index (χ1n) is 7.58. The summed E-state index contributed by atoms with van der Waals surface area (Å²) in [4.78, 5) is 24.8. The minimum absolute atomic E-state index is 0.0143. The fourth-order valence-corrected chi connectivity index (χ4v) is 2.67. The highest BCUT2D eigenvalue weighted by Crippen LogP contribution is 2.20. The standard InChI is InChI=1S/C15H21N5O3/c1-23-11-14(21)18-13-8-17-20(10-13)9-12-3-6-19(7-4-12)15(22)2-5-16/h8,10,12H,2-4,6-7,9,11H2,1H3,(H,18,21). The van der Waals surface area contributed by atoms with Gasteiger partial charge in [-0.2, -0.15) is 10.4 Å². The van der Waals surface area contributed by atoms with Crippen LogP contribution in [-0.4, -0.2) is 53.3 Å². The SMILES string of the molecule is COCC(=O)Nc1cnn(CC2CCN(C(=O)CC#N)CC2)c1. The van der Waals surface area contributed by atoms with Crippen molar-refractivity contribution in [3.8, 4) is 6.07 Å². The number of hydrogen-bond donors (Lipinski definition) is 1. The van der Waals surface area contributed by atoms with E-state index < -0.39 is 0 Å². The van der Waals surface area contributed by atoms with Crippen LogP contribution in [0, 0.1) is 17.2 Å². The Labute approximate surface area is 135 Å². The van der Waals surface area contributed by atoms with E-state index in [4.69, 9.17) is 10.00 Å². The lowest BCUT2D eigenvalue weighted by Gasteiger charge is -2.31. The van der Waals surface area contributed by atoms with E-state index in [1.165, 1.54) is 7.11 Å². The molecule has 0 atom stereocenters. The van der Waals surface area contributed by atoms with Gasteiger partial charge in [0.05, 0.1) is 18.0 Å². The Bertz CT molecular complexity index is 584. The number of carbonyl (C=O) groups excluding carboxylic acids is 2. The third-order valence-electron chi connectivity index (χ3n) is 3.84. The second-order valence-corrected chi connectivity index (χ2v) is 5.59. The molecule has 0 spiro atoms. The zero-order valence-electron chi connectivity index (χ0n) is 13.2. The maximum atomic E-state index is 11.7. The number of rotatable bonds is 6. The molecule has 0 aliphatic carbocycles. The molecule has 23 heavy (non-hydrogen) atoms. The summed E-state index contributed by atoms with van der Waals surface area (Å²) in [5, 5.41) is 15.5. The van der Waals surface area contributed by atoms with Crippen molar-refractivity contribution in [2.75, 3.05) is 32.1 Å². The van der Waals surface area contributed by atoms with E-state index in [0.717, 1.165) is 19.4 Å². The highest BCUT2D eigenvalue weighted by atomic mass is 16.5. The molecule has 2 heterocycles. The molecule has 2 rings (SSSR count). The van der Waals surface area contributed by atoms with Crippen LogP contribution in [0.25, 0.3) is 0 Å². The Morgan fingerprint density at radius 2 is 2.22 bits per heavy atom. The highest BCUT2D eigenvalue weighted by molar-refractivity contribution is 5.91. The topological polar surface area (TPSA) is 100 Å². The van der Waals surface area contributed by atoms with Gasteiger partial charge in [-0.15, -0.1) is 0 Å². The number of hydrogen-bond acceptors (Lipinski definition) is 5. The molecule has 0 saturated carbocycles. The monoisotopic (exact) mass is 319 g/mol. The van der Waals surface area contributed by atoms with Crippen molar-refractivity contribution in [3.63, 3.8) is 0 Å². The van der Waals surface area contributed by atoms with Gasteiger partial charge in [-0.3, -0.25) is 14.3 Å². The summed E-state index contributed by atoms with van der Waals surface area (Å²) < 4.78 is 6.56. The fourth-order valence-electron chi connectivity index (χ4n) is 2.67. The lowest BCUT2D eigenvalue weighted by atomic mass is 9.96. The molecule has 1 aliphatic rings. The fraction of sp³-hybridized carbons (Fsp3) is 0.600. The summed E-state index contributed by atoms with van der Waals surface area (Å²) in [5.41, 5.74) is 0.647. The number of anilines is 1. The van der Waals surface area contributed by atoms with Gasteiger partial charge in [-0.1, -0.05) is 0 Å². The van der Waals surface area contributed by atoms with E-state index >= 15 is 0 Å². The molecule has 2 amide bonds. The number of amides is 2. The Kier molecular flexibility index (Phi) is 6.11. The van der Waals surface area contributed by atoms with Gasteiger partial charge < -0.3 is 15.0 Å². The summed E-state index contributed by atoms with van der Waals surface area (Å²) in [6.07, 6.45) is 5.14. The quantitative estimate of drug-likeness (QED) is 0.828. The van der Waals surface area contributed by atoms with Gasteiger partial charge in [0, 0.05) is 32.9 Å². The summed E-state index contributed by atoms with van der Waals surface area (Å²) in [6, 6.07) is 1.89. The number of ether oxygens (including phenoxy) is 1. The number of nitrogens with one attached hydrogen (secondary N) is 1. The highest BCUT2D eigenvalue weighted by Gasteiger charge is 2.23. The Morgan fingerprint density at radius 1 is 1.48 bits per heavy atom. The normalized spacial score (nSPS) is 15.2. The second-order valence-electron chi connectivity index (χ2n) is 5.59. The van der Waals surface area contributed by atoms with Crippen molar-refractivity contribution in [3.05, 3.63) is 12.4 Å². The smallest absolute Gasteiger partial charge is 0.250 e. The molecule has 1 aliphatic heterocycles. The van der Waals surface area contributed by atoms with Crippen LogP contribution in [0.2, 0.25) is 0 Å². The van der Waals surface area contributed by atoms with Gasteiger partial charge in [-0.05, 0) is 18.8 Å². The minimum atomic E-state index is -0.212. The van der Waals surface area contributed by atoms with Gasteiger partial charge in [0.15, 0.2) is 0 Å². The van der Waals surface area contributed by atoms with Crippen LogP contribution >= 0.6 is 0 Å². The summed E-state index contributed by atoms with van der Waals surface area (Å²) >= 11 is 0. The Morgan fingerprint density at radius 3 is 2.87 bits per heavy atom. The molecule has 1 N–H and O–H groups in total. The van der Waals surface area contributed by atoms with E-state index in [0.29, 0.717) is 24.7 Å². The van der Waals surface area contributed by atoms with Crippen LogP contribution in [0.3, 0.4) is 0 Å². The molecule has 0 aromatic carbocycles. The molecular weight excluding hydrogens is 298 g/mol. The molecule has 1 fully saturated rings. The van der Waals surface area contributed by atoms with Gasteiger partial charge in [0.2, 0.25) is 11.8 Å². The van der Waals surface area contributed by atoms with Crippen LogP contribution < -0.4 is 5.32 Å². The van der Waals surface area contributed by atoms with Crippen molar-refractivity contribution >= 4 is 17.5 Å². The predicted molar refractivity (Wildman–Crippen MR) is 82.3 cm³/mol. The molecule has 1 saturated heterocycles. The Hall–Kier alpha value is -2.40. The lowest BCUT2D eigenvalue weighted by molar-refractivity contribution is -0.131. The zero-order valence-corrected chi connectivity index (χ0v) is 13.2. The maximum absolute atomic E-state index is 11.7. The first-order valence-corrected chi connectivity index (χ1v) is 7.58. The zero-order chi connectivity index (χ0) is 16.7. The van der Waals surface area contributed by atoms with Crippen LogP contribution in [0.1, 0.15) is 19.3 Å². The number of piperidine rings is 1. The first-order chi connectivity index (χ1) is 11.1. The van der Waals surface area contributed by atoms with Gasteiger partial charge in [0.1, 0.15) is 13.0 Å². The van der Waals surface area contributed by atoms with Crippen molar-refractivity contribution in [2.24, 2.45) is 5.92 Å². The Balaban J connectivity index is 1.78. The molecule has 1 aromatic heterocycles. The molecule has 8 heteroatoms. The van der Waals surface area contributed by atoms with E-state index in [9.17, 15) is 9.59 Å². The number of methoxy groups -OCH3 is 1. The predicted octanol–water partition coefficient (Wildman–Crippen LogP) is 0.620. The average molecular weight is 319 g/mol. The summed E-state index contributed by atoms with van der Waals surface area (Å²) in [5.74, 6) is 0.133. The largest absolute Gasteiger partial charge is 0.375 e. The van der Waals surface area contributed by atoms with Crippen LogP contribution in [0.15, 0.2) is 12.4 Å². The summed E-state index contributed by atoms with van der Waals surface area (Å²) in [6.45, 7) is 2.13. The van der Waals surface area contributed by atoms with Gasteiger partial charge in [0.25, 0.3) is 0 Å². The summed E-state index contributed by atoms with van der Waals surface area (Å²) in [7, 11) is 1.47. The molecule has 0 radical (unpaired) electrons. The molecule has 0 unspecified atom stereocenters. The number of nitriles is 1. The number of carbonyl (C=O) groups is 2. The van der Waals surface area contributed by atoms with Crippen LogP contribution in [-0.2, 0) is 20.9 Å². The molecule has 1 aromatic rings. The minimum Gasteiger partial charge on any atom is -0.375 e. The van der Waals surface area contributed by atoms with Crippen LogP contribution in [0.4, 0.5) is 5.69 Å². The molecule has 8 nitrogen and oxygen atoms in total. The molecule has 124 valence electrons. The van der Waals surface area contributed by atoms with Crippen molar-refractivity contribution in [2.45, 2.75) is 25.8 Å². The third-order valence-corrected chi connectivity index (χ3v) is 3.84. The van der Waals surface area contributed by atoms with Crippen molar-refractivity contribution in [1.82, 2.24) is 14.7 Å². The number of nitrogens with zero attached hydrogens (tertiary/aromatic N) is 4. The molecular formula is C15H21N5O3. The van der Waals surface area contributed by atoms with Crippen LogP contribution in [0.5, 0.6) is 0 Å². The number of likely N-dealkylation sites (tertiary alicyclic amines) is 1. The third kappa shape index (κ3) is 5.07. The number of aromatic nitrogens is 2.